The van der Waals surface area contributed by atoms with Gasteiger partial charge in [-0.3, -0.25) is 0 Å². The van der Waals surface area contributed by atoms with Gasteiger partial charge in [-0.2, -0.15) is 0 Å². The molecular formula is C25H27NO8. The standard InChI is InChI=1S/C25H27NO8/c1-13-16-11-10-15(12-17(16)32-22(28)18(13)14-8-6-5-7-9-14)31-23-20(33-24(26)29)19(27)21(30-4)25(2,3)34-23/h5-12,19-21,23,27H,1-4H3,(H2,26,29)/t19-,20+,21+,23+/m0/s1. The maximum Gasteiger partial charge on any atom is 0.405 e. The highest BCUT2D eigenvalue weighted by molar-refractivity contribution is 5.87. The number of hydrogen-bond donors (Lipinski definition) is 2. The van der Waals surface area contributed by atoms with Crippen LogP contribution in [0.15, 0.2) is 57.7 Å². The summed E-state index contributed by atoms with van der Waals surface area (Å²) in [5.41, 5.74) is 6.09. The van der Waals surface area contributed by atoms with Crippen LogP contribution in [0, 0.1) is 6.92 Å². The molecule has 1 fully saturated rings. The normalized spacial score (nSPS) is 24.0. The van der Waals surface area contributed by atoms with E-state index in [0.29, 0.717) is 11.1 Å². The van der Waals surface area contributed by atoms with E-state index in [9.17, 15) is 14.7 Å². The average molecular weight is 469 g/mol. The Morgan fingerprint density at radius 1 is 1.15 bits per heavy atom. The van der Waals surface area contributed by atoms with Gasteiger partial charge in [-0.1, -0.05) is 30.3 Å². The molecular weight excluding hydrogens is 442 g/mol. The summed E-state index contributed by atoms with van der Waals surface area (Å²) in [6.45, 7) is 5.29. The molecule has 1 aromatic heterocycles. The molecule has 3 aromatic rings. The first kappa shape index (κ1) is 23.7. The van der Waals surface area contributed by atoms with Crippen molar-refractivity contribution in [3.63, 3.8) is 0 Å². The first-order valence-corrected chi connectivity index (χ1v) is 10.8. The van der Waals surface area contributed by atoms with Gasteiger partial charge in [0.1, 0.15) is 23.5 Å². The summed E-state index contributed by atoms with van der Waals surface area (Å²) in [7, 11) is 1.42. The fraction of sp³-hybridized carbons (Fsp3) is 0.360. The van der Waals surface area contributed by atoms with Gasteiger partial charge in [0.15, 0.2) is 6.10 Å². The van der Waals surface area contributed by atoms with E-state index in [0.717, 1.165) is 16.5 Å². The van der Waals surface area contributed by atoms with Gasteiger partial charge in [-0.15, -0.1) is 0 Å². The summed E-state index contributed by atoms with van der Waals surface area (Å²) in [5.74, 6) is 0.282. The third-order valence-corrected chi connectivity index (χ3v) is 5.98. The Balaban J connectivity index is 1.69. The van der Waals surface area contributed by atoms with Crippen molar-refractivity contribution in [3.8, 4) is 16.9 Å². The minimum absolute atomic E-state index is 0.282. The van der Waals surface area contributed by atoms with Crippen LogP contribution in [0.3, 0.4) is 0 Å². The maximum atomic E-state index is 12.8. The lowest BCUT2D eigenvalue weighted by Crippen LogP contribution is -2.65. The maximum absolute atomic E-state index is 12.8. The fourth-order valence-corrected chi connectivity index (χ4v) is 4.43. The number of carbonyl (C=O) groups excluding carboxylic acids is 1. The highest BCUT2D eigenvalue weighted by Crippen LogP contribution is 2.35. The Labute approximate surface area is 196 Å². The van der Waals surface area contributed by atoms with Gasteiger partial charge in [0, 0.05) is 18.6 Å². The average Bonchev–Trinajstić information content (AvgIpc) is 2.76. The van der Waals surface area contributed by atoms with Crippen LogP contribution in [0.4, 0.5) is 4.79 Å². The molecule has 0 bridgehead atoms. The number of methoxy groups -OCH3 is 1. The molecule has 0 radical (unpaired) electrons. The van der Waals surface area contributed by atoms with Crippen molar-refractivity contribution in [1.29, 1.82) is 0 Å². The first-order chi connectivity index (χ1) is 16.1. The summed E-state index contributed by atoms with van der Waals surface area (Å²) >= 11 is 0. The van der Waals surface area contributed by atoms with Crippen LogP contribution in [-0.2, 0) is 14.2 Å². The van der Waals surface area contributed by atoms with E-state index in [1.807, 2.05) is 37.3 Å². The Hall–Kier alpha value is -3.40. The number of primary amides is 1. The third-order valence-electron chi connectivity index (χ3n) is 5.98. The molecule has 34 heavy (non-hydrogen) atoms. The minimum Gasteiger partial charge on any atom is -0.461 e. The smallest absolute Gasteiger partial charge is 0.405 e. The van der Waals surface area contributed by atoms with Crippen LogP contribution in [0.2, 0.25) is 0 Å². The second kappa shape index (κ2) is 9.09. The number of fused-ring (bicyclic) bond motifs is 1. The van der Waals surface area contributed by atoms with Gasteiger partial charge < -0.3 is 34.2 Å². The van der Waals surface area contributed by atoms with E-state index in [2.05, 4.69) is 0 Å². The molecule has 4 rings (SSSR count). The monoisotopic (exact) mass is 469 g/mol. The number of amides is 1. The van der Waals surface area contributed by atoms with E-state index in [-0.39, 0.29) is 5.75 Å². The molecule has 1 saturated heterocycles. The lowest BCUT2D eigenvalue weighted by atomic mass is 9.89. The number of ether oxygens (including phenoxy) is 4. The van der Waals surface area contributed by atoms with Crippen molar-refractivity contribution in [2.24, 2.45) is 5.73 Å². The third kappa shape index (κ3) is 4.37. The number of nitrogens with two attached hydrogens (primary N) is 1. The zero-order chi connectivity index (χ0) is 24.6. The quantitative estimate of drug-likeness (QED) is 0.545. The van der Waals surface area contributed by atoms with Crippen LogP contribution in [-0.4, -0.2) is 48.5 Å². The SMILES string of the molecule is CO[C@@H]1[C@@H](O)[C@@H](OC(N)=O)[C@H](Oc2ccc3c(C)c(-c4ccccc4)c(=O)oc3c2)OC1(C)C. The van der Waals surface area contributed by atoms with Crippen molar-refractivity contribution < 1.29 is 33.3 Å². The van der Waals surface area contributed by atoms with Crippen molar-refractivity contribution >= 4 is 17.1 Å². The predicted octanol–water partition coefficient (Wildman–Crippen LogP) is 3.12. The lowest BCUT2D eigenvalue weighted by molar-refractivity contribution is -0.304. The number of aliphatic hydroxyl groups excluding tert-OH is 1. The van der Waals surface area contributed by atoms with Gasteiger partial charge in [0.2, 0.25) is 6.29 Å². The number of aryl methyl sites for hydroxylation is 1. The molecule has 0 aliphatic carbocycles. The molecule has 3 N–H and O–H groups in total. The predicted molar refractivity (Wildman–Crippen MR) is 123 cm³/mol. The lowest BCUT2D eigenvalue weighted by Gasteiger charge is -2.47. The zero-order valence-electron chi connectivity index (χ0n) is 19.3. The van der Waals surface area contributed by atoms with E-state index in [1.54, 1.807) is 32.0 Å². The number of rotatable bonds is 5. The molecule has 180 valence electrons. The summed E-state index contributed by atoms with van der Waals surface area (Å²) in [4.78, 5) is 24.2. The summed E-state index contributed by atoms with van der Waals surface area (Å²) in [5, 5.41) is 11.5. The van der Waals surface area contributed by atoms with E-state index < -0.39 is 41.9 Å². The summed E-state index contributed by atoms with van der Waals surface area (Å²) < 4.78 is 27.9. The molecule has 9 heteroatoms. The van der Waals surface area contributed by atoms with Crippen molar-refractivity contribution in [2.75, 3.05) is 7.11 Å². The van der Waals surface area contributed by atoms with Gasteiger partial charge >= 0.3 is 11.7 Å². The molecule has 1 amide bonds. The second-order valence-electron chi connectivity index (χ2n) is 8.67. The van der Waals surface area contributed by atoms with E-state index in [4.69, 9.17) is 29.1 Å². The fourth-order valence-electron chi connectivity index (χ4n) is 4.43. The largest absolute Gasteiger partial charge is 0.461 e. The topological polar surface area (TPSA) is 130 Å². The van der Waals surface area contributed by atoms with Gasteiger partial charge in [0.05, 0.1) is 11.2 Å². The molecule has 1 aliphatic rings. The van der Waals surface area contributed by atoms with Crippen molar-refractivity contribution in [3.05, 3.63) is 64.5 Å². The Kier molecular flexibility index (Phi) is 6.35. The van der Waals surface area contributed by atoms with E-state index in [1.165, 1.54) is 7.11 Å². The van der Waals surface area contributed by atoms with Crippen LogP contribution in [0.25, 0.3) is 22.1 Å². The molecule has 0 spiro atoms. The van der Waals surface area contributed by atoms with E-state index >= 15 is 0 Å². The Morgan fingerprint density at radius 2 is 1.85 bits per heavy atom. The van der Waals surface area contributed by atoms with Crippen molar-refractivity contribution in [2.45, 2.75) is 51.0 Å². The molecule has 0 saturated carbocycles. The molecule has 2 aromatic carbocycles. The molecule has 2 heterocycles. The number of aliphatic hydroxyl groups is 1. The molecule has 9 nitrogen and oxygen atoms in total. The molecule has 0 unspecified atom stereocenters. The Bertz CT molecular complexity index is 1250. The Morgan fingerprint density at radius 3 is 2.50 bits per heavy atom. The van der Waals surface area contributed by atoms with Gasteiger partial charge in [0.25, 0.3) is 0 Å². The highest BCUT2D eigenvalue weighted by Gasteiger charge is 2.52. The number of carbonyl (C=O) groups is 1. The van der Waals surface area contributed by atoms with Crippen LogP contribution >= 0.6 is 0 Å². The summed E-state index contributed by atoms with van der Waals surface area (Å²) in [6.07, 6.45) is -5.60. The van der Waals surface area contributed by atoms with Crippen molar-refractivity contribution in [1.82, 2.24) is 0 Å². The van der Waals surface area contributed by atoms with Gasteiger partial charge in [-0.05, 0) is 44.0 Å². The highest BCUT2D eigenvalue weighted by atomic mass is 16.7. The van der Waals surface area contributed by atoms with Crippen LogP contribution < -0.4 is 16.1 Å². The van der Waals surface area contributed by atoms with Gasteiger partial charge in [-0.25, -0.2) is 9.59 Å². The minimum atomic E-state index is -1.26. The molecule has 4 atom stereocenters. The van der Waals surface area contributed by atoms with Crippen LogP contribution in [0.1, 0.15) is 19.4 Å². The zero-order valence-corrected chi connectivity index (χ0v) is 19.3. The van der Waals surface area contributed by atoms with Crippen LogP contribution in [0.5, 0.6) is 5.75 Å². The summed E-state index contributed by atoms with van der Waals surface area (Å²) in [6, 6.07) is 14.3. The number of hydrogen-bond acceptors (Lipinski definition) is 8. The number of benzene rings is 2. The second-order valence-corrected chi connectivity index (χ2v) is 8.67. The first-order valence-electron chi connectivity index (χ1n) is 10.8. The molecule has 1 aliphatic heterocycles.